The normalized spacial score (nSPS) is 13.6. The summed E-state index contributed by atoms with van der Waals surface area (Å²) in [6.45, 7) is 2.10. The van der Waals surface area contributed by atoms with Crippen molar-refractivity contribution in [3.63, 3.8) is 0 Å². The number of rotatable bonds is 8. The first-order valence-corrected chi connectivity index (χ1v) is 12.3. The second kappa shape index (κ2) is 10.1. The van der Waals surface area contributed by atoms with Crippen LogP contribution in [0, 0.1) is 11.6 Å². The van der Waals surface area contributed by atoms with E-state index in [1.807, 2.05) is 30.3 Å². The standard InChI is InChI=1S/C30H26F2N2O4/c1-3-37-27-17-28(35)34(2)18-23(27)22-16-21(10-12-25(22)38-26-11-9-20(31)15-24(26)32)33-29(36)30(13-14-30)19-7-5-4-6-8-19/h4-12,15-18H,3,13-14H2,1-2H3,(H,33,36). The SMILES string of the molecule is CCOc1cc(=O)n(C)cc1-c1cc(NC(=O)C2(c3ccccc3)CC2)ccc1Oc1ccc(F)cc1F. The highest BCUT2D eigenvalue weighted by molar-refractivity contribution is 6.02. The lowest BCUT2D eigenvalue weighted by atomic mass is 9.95. The zero-order valence-corrected chi connectivity index (χ0v) is 21.0. The molecule has 0 spiro atoms. The fraction of sp³-hybridized carbons (Fsp3) is 0.200. The summed E-state index contributed by atoms with van der Waals surface area (Å²) in [6, 6.07) is 19.0. The van der Waals surface area contributed by atoms with Crippen LogP contribution in [0.5, 0.6) is 17.2 Å². The Morgan fingerprint density at radius 2 is 1.68 bits per heavy atom. The van der Waals surface area contributed by atoms with Crippen molar-refractivity contribution in [2.45, 2.75) is 25.2 Å². The second-order valence-corrected chi connectivity index (χ2v) is 9.22. The number of benzene rings is 3. The molecular weight excluding hydrogens is 490 g/mol. The number of pyridine rings is 1. The molecule has 194 valence electrons. The van der Waals surface area contributed by atoms with Crippen molar-refractivity contribution in [2.75, 3.05) is 11.9 Å². The van der Waals surface area contributed by atoms with E-state index in [0.717, 1.165) is 30.5 Å². The summed E-state index contributed by atoms with van der Waals surface area (Å²) in [5.41, 5.74) is 1.56. The first-order valence-electron chi connectivity index (χ1n) is 12.3. The van der Waals surface area contributed by atoms with Crippen molar-refractivity contribution >= 4 is 11.6 Å². The van der Waals surface area contributed by atoms with E-state index in [0.29, 0.717) is 29.2 Å². The molecule has 8 heteroatoms. The van der Waals surface area contributed by atoms with Crippen LogP contribution in [0.2, 0.25) is 0 Å². The van der Waals surface area contributed by atoms with E-state index in [-0.39, 0.29) is 23.0 Å². The lowest BCUT2D eigenvalue weighted by Crippen LogP contribution is -2.27. The fourth-order valence-corrected chi connectivity index (χ4v) is 4.45. The molecule has 6 nitrogen and oxygen atoms in total. The Kier molecular flexibility index (Phi) is 6.72. The van der Waals surface area contributed by atoms with Crippen LogP contribution in [-0.4, -0.2) is 17.1 Å². The first kappa shape index (κ1) is 25.2. The predicted octanol–water partition coefficient (Wildman–Crippen LogP) is 6.19. The molecule has 5 rings (SSSR count). The van der Waals surface area contributed by atoms with Crippen molar-refractivity contribution in [3.8, 4) is 28.4 Å². The van der Waals surface area contributed by atoms with Gasteiger partial charge in [0.25, 0.3) is 5.56 Å². The number of anilines is 1. The third-order valence-corrected chi connectivity index (χ3v) is 6.64. The smallest absolute Gasteiger partial charge is 0.254 e. The number of amides is 1. The summed E-state index contributed by atoms with van der Waals surface area (Å²) in [5, 5.41) is 3.01. The maximum Gasteiger partial charge on any atom is 0.254 e. The van der Waals surface area contributed by atoms with Gasteiger partial charge in [-0.2, -0.15) is 0 Å². The molecule has 0 bridgehead atoms. The van der Waals surface area contributed by atoms with Gasteiger partial charge in [0.05, 0.1) is 12.0 Å². The molecule has 1 aliphatic carbocycles. The van der Waals surface area contributed by atoms with Gasteiger partial charge >= 0.3 is 0 Å². The molecule has 0 aliphatic heterocycles. The molecule has 1 heterocycles. The van der Waals surface area contributed by atoms with E-state index in [9.17, 15) is 18.4 Å². The summed E-state index contributed by atoms with van der Waals surface area (Å²) in [6.07, 6.45) is 3.08. The highest BCUT2D eigenvalue weighted by atomic mass is 19.1. The second-order valence-electron chi connectivity index (χ2n) is 9.22. The number of carbonyl (C=O) groups excluding carboxylic acids is 1. The minimum absolute atomic E-state index is 0.126. The van der Waals surface area contributed by atoms with Crippen LogP contribution in [0.4, 0.5) is 14.5 Å². The molecule has 1 N–H and O–H groups in total. The molecule has 1 aliphatic rings. The molecule has 3 aromatic carbocycles. The molecule has 1 fully saturated rings. The largest absolute Gasteiger partial charge is 0.493 e. The van der Waals surface area contributed by atoms with Gasteiger partial charge in [0.15, 0.2) is 11.6 Å². The van der Waals surface area contributed by atoms with Crippen LogP contribution in [0.1, 0.15) is 25.3 Å². The molecule has 1 aromatic heterocycles. The number of nitrogens with zero attached hydrogens (tertiary/aromatic N) is 1. The van der Waals surface area contributed by atoms with Crippen LogP contribution in [0.25, 0.3) is 11.1 Å². The maximum absolute atomic E-state index is 14.4. The molecule has 0 atom stereocenters. The van der Waals surface area contributed by atoms with Gasteiger partial charge in [-0.05, 0) is 55.7 Å². The van der Waals surface area contributed by atoms with Gasteiger partial charge in [-0.1, -0.05) is 30.3 Å². The number of halogens is 2. The van der Waals surface area contributed by atoms with E-state index in [4.69, 9.17) is 9.47 Å². The number of carbonyl (C=O) groups is 1. The zero-order valence-electron chi connectivity index (χ0n) is 21.0. The Labute approximate surface area is 218 Å². The summed E-state index contributed by atoms with van der Waals surface area (Å²) in [4.78, 5) is 25.7. The molecule has 1 saturated carbocycles. The number of hydrogen-bond acceptors (Lipinski definition) is 4. The highest BCUT2D eigenvalue weighted by Gasteiger charge is 2.51. The fourth-order valence-electron chi connectivity index (χ4n) is 4.45. The molecular formula is C30H26F2N2O4. The highest BCUT2D eigenvalue weighted by Crippen LogP contribution is 2.49. The van der Waals surface area contributed by atoms with Gasteiger partial charge in [0.1, 0.15) is 17.3 Å². The van der Waals surface area contributed by atoms with Gasteiger partial charge in [0.2, 0.25) is 5.91 Å². The van der Waals surface area contributed by atoms with E-state index >= 15 is 0 Å². The average molecular weight is 517 g/mol. The van der Waals surface area contributed by atoms with Gasteiger partial charge in [0, 0.05) is 42.2 Å². The van der Waals surface area contributed by atoms with Gasteiger partial charge in [-0.3, -0.25) is 9.59 Å². The quantitative estimate of drug-likeness (QED) is 0.303. The van der Waals surface area contributed by atoms with Crippen LogP contribution in [0.3, 0.4) is 0 Å². The van der Waals surface area contributed by atoms with Crippen LogP contribution < -0.4 is 20.3 Å². The average Bonchev–Trinajstić information content (AvgIpc) is 3.72. The van der Waals surface area contributed by atoms with Crippen molar-refractivity contribution in [1.29, 1.82) is 0 Å². The maximum atomic E-state index is 14.4. The summed E-state index contributed by atoms with van der Waals surface area (Å²) >= 11 is 0. The van der Waals surface area contributed by atoms with E-state index in [2.05, 4.69) is 5.32 Å². The number of ether oxygens (including phenoxy) is 2. The first-order chi connectivity index (χ1) is 18.3. The number of hydrogen-bond donors (Lipinski definition) is 1. The van der Waals surface area contributed by atoms with E-state index in [1.165, 1.54) is 16.7 Å². The minimum Gasteiger partial charge on any atom is -0.493 e. The Balaban J connectivity index is 1.57. The Hall–Kier alpha value is -4.46. The van der Waals surface area contributed by atoms with Crippen molar-refractivity contribution in [2.24, 2.45) is 7.05 Å². The molecule has 0 saturated heterocycles. The molecule has 0 unspecified atom stereocenters. The molecule has 1 amide bonds. The third kappa shape index (κ3) is 4.89. The summed E-state index contributed by atoms with van der Waals surface area (Å²) < 4.78 is 40.9. The van der Waals surface area contributed by atoms with Gasteiger partial charge in [-0.15, -0.1) is 0 Å². The molecule has 4 aromatic rings. The predicted molar refractivity (Wildman–Crippen MR) is 141 cm³/mol. The van der Waals surface area contributed by atoms with Crippen molar-refractivity contribution in [1.82, 2.24) is 4.57 Å². The van der Waals surface area contributed by atoms with E-state index < -0.39 is 17.0 Å². The lowest BCUT2D eigenvalue weighted by Gasteiger charge is -2.19. The Bertz CT molecular complexity index is 1560. The van der Waals surface area contributed by atoms with Crippen LogP contribution >= 0.6 is 0 Å². The van der Waals surface area contributed by atoms with Gasteiger partial charge < -0.3 is 19.4 Å². The topological polar surface area (TPSA) is 69.6 Å². The van der Waals surface area contributed by atoms with Gasteiger partial charge in [-0.25, -0.2) is 8.78 Å². The van der Waals surface area contributed by atoms with Crippen molar-refractivity contribution < 1.29 is 23.0 Å². The number of aryl methyl sites for hydroxylation is 1. The molecule has 0 radical (unpaired) electrons. The Morgan fingerprint density at radius 1 is 0.947 bits per heavy atom. The Morgan fingerprint density at radius 3 is 2.37 bits per heavy atom. The third-order valence-electron chi connectivity index (χ3n) is 6.64. The van der Waals surface area contributed by atoms with Crippen molar-refractivity contribution in [3.05, 3.63) is 107 Å². The number of nitrogens with one attached hydrogen (secondary N) is 1. The summed E-state index contributed by atoms with van der Waals surface area (Å²) in [7, 11) is 1.60. The lowest BCUT2D eigenvalue weighted by molar-refractivity contribution is -0.118. The zero-order chi connectivity index (χ0) is 26.9. The number of aromatic nitrogens is 1. The minimum atomic E-state index is -0.864. The monoisotopic (exact) mass is 516 g/mol. The molecule has 38 heavy (non-hydrogen) atoms. The van der Waals surface area contributed by atoms with Crippen LogP contribution in [-0.2, 0) is 17.3 Å². The van der Waals surface area contributed by atoms with Crippen LogP contribution in [0.15, 0.2) is 83.8 Å². The summed E-state index contributed by atoms with van der Waals surface area (Å²) in [5.74, 6) is -1.34. The van der Waals surface area contributed by atoms with E-state index in [1.54, 1.807) is 38.4 Å².